The molecule has 1 nitrogen and oxygen atoms in total. The Balaban J connectivity index is 1.95. The van der Waals surface area contributed by atoms with Gasteiger partial charge in [-0.25, -0.2) is 4.39 Å². The number of anilines is 1. The van der Waals surface area contributed by atoms with Crippen molar-refractivity contribution in [2.45, 2.75) is 24.1 Å². The van der Waals surface area contributed by atoms with Gasteiger partial charge in [-0.2, -0.15) is 8.78 Å². The molecule has 2 rings (SSSR count). The molecule has 0 aliphatic carbocycles. The fraction of sp³-hybridized carbons (Fsp3) is 0.200. The Morgan fingerprint density at radius 3 is 2.40 bits per heavy atom. The minimum atomic E-state index is -2.41. The summed E-state index contributed by atoms with van der Waals surface area (Å²) in [6, 6.07) is 11.7. The molecule has 0 heterocycles. The van der Waals surface area contributed by atoms with Crippen LogP contribution in [0.25, 0.3) is 0 Å². The predicted octanol–water partition coefficient (Wildman–Crippen LogP) is 5.06. The first-order chi connectivity index (χ1) is 9.54. The molecule has 0 aromatic heterocycles. The van der Waals surface area contributed by atoms with Crippen LogP contribution in [0, 0.1) is 12.7 Å². The van der Waals surface area contributed by atoms with Gasteiger partial charge in [-0.1, -0.05) is 23.9 Å². The standard InChI is InChI=1S/C15H14F3NS/c1-10-8-11(2-7-14(10)16)9-19-12-3-5-13(6-4-12)20-15(17)18/h2-8,15,19H,9H2,1H3. The topological polar surface area (TPSA) is 12.0 Å². The van der Waals surface area contributed by atoms with Crippen molar-refractivity contribution in [1.82, 2.24) is 0 Å². The molecule has 0 unspecified atom stereocenters. The summed E-state index contributed by atoms with van der Waals surface area (Å²) in [5, 5.41) is 3.17. The maximum Gasteiger partial charge on any atom is 0.288 e. The maximum absolute atomic E-state index is 13.1. The molecule has 106 valence electrons. The quantitative estimate of drug-likeness (QED) is 0.774. The Labute approximate surface area is 120 Å². The van der Waals surface area contributed by atoms with Crippen LogP contribution in [0.1, 0.15) is 11.1 Å². The number of thioether (sulfide) groups is 1. The molecule has 0 spiro atoms. The molecule has 2 aromatic rings. The van der Waals surface area contributed by atoms with E-state index in [2.05, 4.69) is 5.32 Å². The second kappa shape index (κ2) is 6.70. The van der Waals surface area contributed by atoms with Crippen LogP contribution in [0.3, 0.4) is 0 Å². The predicted molar refractivity (Wildman–Crippen MR) is 76.8 cm³/mol. The third-order valence-corrected chi connectivity index (χ3v) is 3.52. The fourth-order valence-corrected chi connectivity index (χ4v) is 2.27. The summed E-state index contributed by atoms with van der Waals surface area (Å²) in [6.07, 6.45) is 0. The lowest BCUT2D eigenvalue weighted by Crippen LogP contribution is -2.00. The Morgan fingerprint density at radius 1 is 1.10 bits per heavy atom. The van der Waals surface area contributed by atoms with Gasteiger partial charge in [0.05, 0.1) is 0 Å². The van der Waals surface area contributed by atoms with Crippen molar-refractivity contribution in [3.8, 4) is 0 Å². The molecular formula is C15H14F3NS. The summed E-state index contributed by atoms with van der Waals surface area (Å²) < 4.78 is 37.5. The Bertz CT molecular complexity index is 570. The monoisotopic (exact) mass is 297 g/mol. The van der Waals surface area contributed by atoms with Crippen LogP contribution in [-0.2, 0) is 6.54 Å². The molecular weight excluding hydrogens is 283 g/mol. The summed E-state index contributed by atoms with van der Waals surface area (Å²) in [4.78, 5) is 0.531. The van der Waals surface area contributed by atoms with Crippen molar-refractivity contribution in [3.63, 3.8) is 0 Å². The number of hydrogen-bond donors (Lipinski definition) is 1. The van der Waals surface area contributed by atoms with Gasteiger partial charge in [0.1, 0.15) is 5.82 Å². The summed E-state index contributed by atoms with van der Waals surface area (Å²) in [5.41, 5.74) is 2.41. The lowest BCUT2D eigenvalue weighted by Gasteiger charge is -2.08. The average Bonchev–Trinajstić information content (AvgIpc) is 2.41. The Kier molecular flexibility index (Phi) is 4.95. The molecule has 0 fully saturated rings. The fourth-order valence-electron chi connectivity index (χ4n) is 1.78. The van der Waals surface area contributed by atoms with Crippen LogP contribution in [0.15, 0.2) is 47.4 Å². The first-order valence-electron chi connectivity index (χ1n) is 6.08. The molecule has 0 aliphatic rings. The molecule has 0 bridgehead atoms. The van der Waals surface area contributed by atoms with Crippen LogP contribution < -0.4 is 5.32 Å². The van der Waals surface area contributed by atoms with E-state index in [4.69, 9.17) is 0 Å². The molecule has 0 saturated carbocycles. The van der Waals surface area contributed by atoms with Crippen molar-refractivity contribution in [2.24, 2.45) is 0 Å². The molecule has 0 amide bonds. The summed E-state index contributed by atoms with van der Waals surface area (Å²) in [7, 11) is 0. The first-order valence-corrected chi connectivity index (χ1v) is 6.96. The second-order valence-corrected chi connectivity index (χ2v) is 5.40. The average molecular weight is 297 g/mol. The number of halogens is 3. The highest BCUT2D eigenvalue weighted by molar-refractivity contribution is 7.99. The van der Waals surface area contributed by atoms with Crippen molar-refractivity contribution in [1.29, 1.82) is 0 Å². The van der Waals surface area contributed by atoms with Gasteiger partial charge in [-0.3, -0.25) is 0 Å². The van der Waals surface area contributed by atoms with E-state index in [1.165, 1.54) is 6.07 Å². The number of nitrogens with one attached hydrogen (secondary N) is 1. The van der Waals surface area contributed by atoms with E-state index in [0.717, 1.165) is 11.3 Å². The maximum atomic E-state index is 13.1. The van der Waals surface area contributed by atoms with Gasteiger partial charge in [0.25, 0.3) is 5.76 Å². The summed E-state index contributed by atoms with van der Waals surface area (Å²) in [6.45, 7) is 2.28. The van der Waals surface area contributed by atoms with Crippen molar-refractivity contribution >= 4 is 17.4 Å². The van der Waals surface area contributed by atoms with E-state index >= 15 is 0 Å². The zero-order valence-electron chi connectivity index (χ0n) is 10.9. The van der Waals surface area contributed by atoms with Crippen LogP contribution in [0.5, 0.6) is 0 Å². The Hall–Kier alpha value is -1.62. The van der Waals surface area contributed by atoms with E-state index in [1.807, 2.05) is 0 Å². The van der Waals surface area contributed by atoms with Gasteiger partial charge in [0, 0.05) is 17.1 Å². The van der Waals surface area contributed by atoms with Crippen LogP contribution in [0.4, 0.5) is 18.9 Å². The molecule has 1 N–H and O–H groups in total. The van der Waals surface area contributed by atoms with Crippen molar-refractivity contribution in [3.05, 3.63) is 59.4 Å². The lowest BCUT2D eigenvalue weighted by molar-refractivity contribution is 0.252. The van der Waals surface area contributed by atoms with Gasteiger partial charge in [0.15, 0.2) is 0 Å². The van der Waals surface area contributed by atoms with Crippen LogP contribution in [0.2, 0.25) is 0 Å². The van der Waals surface area contributed by atoms with Crippen LogP contribution in [-0.4, -0.2) is 5.76 Å². The van der Waals surface area contributed by atoms with E-state index in [9.17, 15) is 13.2 Å². The van der Waals surface area contributed by atoms with Crippen molar-refractivity contribution in [2.75, 3.05) is 5.32 Å². The highest BCUT2D eigenvalue weighted by atomic mass is 32.2. The Morgan fingerprint density at radius 2 is 1.80 bits per heavy atom. The van der Waals surface area contributed by atoms with Crippen LogP contribution >= 0.6 is 11.8 Å². The number of benzene rings is 2. The van der Waals surface area contributed by atoms with E-state index in [1.54, 1.807) is 43.3 Å². The van der Waals surface area contributed by atoms with Gasteiger partial charge < -0.3 is 5.32 Å². The summed E-state index contributed by atoms with van der Waals surface area (Å²) in [5.74, 6) is -2.63. The zero-order valence-corrected chi connectivity index (χ0v) is 11.7. The third-order valence-electron chi connectivity index (χ3n) is 2.80. The van der Waals surface area contributed by atoms with Gasteiger partial charge >= 0.3 is 0 Å². The van der Waals surface area contributed by atoms with Gasteiger partial charge in [-0.15, -0.1) is 0 Å². The highest BCUT2D eigenvalue weighted by Crippen LogP contribution is 2.26. The molecule has 0 aliphatic heterocycles. The number of rotatable bonds is 5. The summed E-state index contributed by atoms with van der Waals surface area (Å²) >= 11 is 0.522. The molecule has 20 heavy (non-hydrogen) atoms. The number of aryl methyl sites for hydroxylation is 1. The third kappa shape index (κ3) is 4.20. The van der Waals surface area contributed by atoms with Gasteiger partial charge in [-0.05, 0) is 48.4 Å². The van der Waals surface area contributed by atoms with E-state index in [-0.39, 0.29) is 5.82 Å². The molecule has 2 aromatic carbocycles. The lowest BCUT2D eigenvalue weighted by atomic mass is 10.1. The van der Waals surface area contributed by atoms with E-state index < -0.39 is 5.76 Å². The molecule has 0 atom stereocenters. The van der Waals surface area contributed by atoms with Crippen molar-refractivity contribution < 1.29 is 13.2 Å². The minimum Gasteiger partial charge on any atom is -0.381 e. The van der Waals surface area contributed by atoms with E-state index in [0.29, 0.717) is 28.8 Å². The number of alkyl halides is 2. The zero-order chi connectivity index (χ0) is 14.5. The minimum absolute atomic E-state index is 0.220. The SMILES string of the molecule is Cc1cc(CNc2ccc(SC(F)F)cc2)ccc1F. The normalized spacial score (nSPS) is 10.8. The molecule has 5 heteroatoms. The molecule has 0 radical (unpaired) electrons. The first kappa shape index (κ1) is 14.8. The highest BCUT2D eigenvalue weighted by Gasteiger charge is 2.04. The number of hydrogen-bond acceptors (Lipinski definition) is 2. The molecule has 0 saturated heterocycles. The largest absolute Gasteiger partial charge is 0.381 e. The smallest absolute Gasteiger partial charge is 0.288 e. The second-order valence-electron chi connectivity index (χ2n) is 4.34. The van der Waals surface area contributed by atoms with Gasteiger partial charge in [0.2, 0.25) is 0 Å².